The number of ether oxygens (including phenoxy) is 2. The van der Waals surface area contributed by atoms with Crippen molar-refractivity contribution in [2.45, 2.75) is 24.3 Å². The van der Waals surface area contributed by atoms with E-state index in [1.54, 1.807) is 11.8 Å². The number of thioether (sulfide) groups is 1. The van der Waals surface area contributed by atoms with Gasteiger partial charge in [0.1, 0.15) is 6.61 Å². The Labute approximate surface area is 166 Å². The van der Waals surface area contributed by atoms with Gasteiger partial charge in [0, 0.05) is 17.9 Å². The summed E-state index contributed by atoms with van der Waals surface area (Å²) in [4.78, 5) is 17.5. The van der Waals surface area contributed by atoms with Gasteiger partial charge in [-0.15, -0.1) is 0 Å². The second-order valence-corrected chi connectivity index (χ2v) is 7.70. The van der Waals surface area contributed by atoms with E-state index >= 15 is 0 Å². The van der Waals surface area contributed by atoms with Crippen molar-refractivity contribution in [1.29, 1.82) is 0 Å². The minimum Gasteiger partial charge on any atom is -0.485 e. The van der Waals surface area contributed by atoms with Gasteiger partial charge in [-0.1, -0.05) is 54.2 Å². The van der Waals surface area contributed by atoms with Gasteiger partial charge >= 0.3 is 0 Å². The van der Waals surface area contributed by atoms with Crippen molar-refractivity contribution in [3.8, 4) is 22.8 Å². The molecule has 1 aromatic heterocycles. The molecule has 28 heavy (non-hydrogen) atoms. The van der Waals surface area contributed by atoms with Crippen molar-refractivity contribution < 1.29 is 14.3 Å². The van der Waals surface area contributed by atoms with Crippen molar-refractivity contribution >= 4 is 17.7 Å². The van der Waals surface area contributed by atoms with Gasteiger partial charge in [0.15, 0.2) is 16.7 Å². The van der Waals surface area contributed by atoms with Crippen molar-refractivity contribution in [2.24, 2.45) is 0 Å². The number of hydrogen-bond acceptors (Lipinski definition) is 5. The van der Waals surface area contributed by atoms with Crippen LogP contribution in [0, 0.1) is 0 Å². The monoisotopic (exact) mass is 393 g/mol. The molecular formula is C21H19N3O3S. The molecule has 0 bridgehead atoms. The molecule has 1 amide bonds. The largest absolute Gasteiger partial charge is 0.485 e. The molecule has 0 radical (unpaired) electrons. The van der Waals surface area contributed by atoms with Crippen molar-refractivity contribution in [3.05, 3.63) is 60.3 Å². The molecule has 5 rings (SSSR count). The molecule has 0 saturated carbocycles. The molecule has 3 heterocycles. The summed E-state index contributed by atoms with van der Waals surface area (Å²) >= 11 is 1.75. The highest BCUT2D eigenvalue weighted by Gasteiger charge is 2.28. The zero-order chi connectivity index (χ0) is 18.9. The smallest absolute Gasteiger partial charge is 0.265 e. The van der Waals surface area contributed by atoms with Gasteiger partial charge in [-0.2, -0.15) is 0 Å². The van der Waals surface area contributed by atoms with Crippen LogP contribution in [0.5, 0.6) is 11.5 Å². The first-order valence-corrected chi connectivity index (χ1v) is 10.2. The van der Waals surface area contributed by atoms with Crippen LogP contribution in [0.15, 0.2) is 59.8 Å². The van der Waals surface area contributed by atoms with Crippen LogP contribution < -0.4 is 14.8 Å². The molecule has 2 aromatic carbocycles. The quantitative estimate of drug-likeness (QED) is 0.738. The molecule has 2 aliphatic rings. The lowest BCUT2D eigenvalue weighted by Crippen LogP contribution is -2.43. The van der Waals surface area contributed by atoms with Crippen LogP contribution in [0.2, 0.25) is 0 Å². The first-order chi connectivity index (χ1) is 13.8. The molecule has 0 fully saturated rings. The zero-order valence-electron chi connectivity index (χ0n) is 15.1. The summed E-state index contributed by atoms with van der Waals surface area (Å²) in [5.74, 6) is 2.09. The second-order valence-electron chi connectivity index (χ2n) is 6.64. The highest BCUT2D eigenvalue weighted by atomic mass is 32.2. The fourth-order valence-electron chi connectivity index (χ4n) is 3.47. The number of benzene rings is 2. The molecule has 0 aliphatic carbocycles. The van der Waals surface area contributed by atoms with E-state index in [0.29, 0.717) is 18.0 Å². The Morgan fingerprint density at radius 3 is 2.79 bits per heavy atom. The van der Waals surface area contributed by atoms with Gasteiger partial charge in [0.05, 0.1) is 17.9 Å². The van der Waals surface area contributed by atoms with E-state index < -0.39 is 6.10 Å². The topological polar surface area (TPSA) is 65.4 Å². The normalized spacial score (nSPS) is 17.2. The number of aromatic nitrogens is 2. The summed E-state index contributed by atoms with van der Waals surface area (Å²) in [6.07, 6.45) is -0.662. The van der Waals surface area contributed by atoms with Gasteiger partial charge in [-0.3, -0.25) is 4.79 Å². The lowest BCUT2D eigenvalue weighted by molar-refractivity contribution is -0.130. The predicted molar refractivity (Wildman–Crippen MR) is 107 cm³/mol. The number of amides is 1. The number of imidazole rings is 1. The molecule has 0 spiro atoms. The number of rotatable bonds is 4. The SMILES string of the molecule is O=C(NCc1c(-c2ccccc2)nc2n1CCS2)[C@@H]1COc2ccccc2O1. The highest BCUT2D eigenvalue weighted by Crippen LogP contribution is 2.33. The summed E-state index contributed by atoms with van der Waals surface area (Å²) in [6.45, 7) is 1.51. The number of carbonyl (C=O) groups is 1. The minimum absolute atomic E-state index is 0.185. The molecule has 0 unspecified atom stereocenters. The number of nitrogens with zero attached hydrogens (tertiary/aromatic N) is 2. The lowest BCUT2D eigenvalue weighted by atomic mass is 10.1. The average molecular weight is 393 g/mol. The summed E-state index contributed by atoms with van der Waals surface area (Å²) in [5, 5.41) is 4.02. The van der Waals surface area contributed by atoms with Gasteiger partial charge in [0.2, 0.25) is 6.10 Å². The van der Waals surface area contributed by atoms with E-state index in [2.05, 4.69) is 9.88 Å². The van der Waals surface area contributed by atoms with Gasteiger partial charge in [-0.05, 0) is 12.1 Å². The third-order valence-corrected chi connectivity index (χ3v) is 5.82. The molecule has 2 aliphatic heterocycles. The Morgan fingerprint density at radius 2 is 1.93 bits per heavy atom. The number of carbonyl (C=O) groups excluding carboxylic acids is 1. The maximum atomic E-state index is 12.7. The minimum atomic E-state index is -0.662. The fourth-order valence-corrected chi connectivity index (χ4v) is 4.44. The Hall–Kier alpha value is -2.93. The van der Waals surface area contributed by atoms with E-state index in [1.165, 1.54) is 0 Å². The summed E-state index contributed by atoms with van der Waals surface area (Å²) in [7, 11) is 0. The van der Waals surface area contributed by atoms with Gasteiger partial charge < -0.3 is 19.4 Å². The molecule has 0 saturated heterocycles. The van der Waals surface area contributed by atoms with Crippen LogP contribution in [0.25, 0.3) is 11.3 Å². The maximum absolute atomic E-state index is 12.7. The molecule has 1 atom stereocenters. The third kappa shape index (κ3) is 3.11. The van der Waals surface area contributed by atoms with Crippen molar-refractivity contribution in [2.75, 3.05) is 12.4 Å². The summed E-state index contributed by atoms with van der Waals surface area (Å²) in [5.41, 5.74) is 3.01. The fraction of sp³-hybridized carbons (Fsp3) is 0.238. The van der Waals surface area contributed by atoms with Crippen molar-refractivity contribution in [3.63, 3.8) is 0 Å². The standard InChI is InChI=1S/C21H19N3O3S/c25-20(18-13-26-16-8-4-5-9-17(16)27-18)22-12-15-19(14-6-2-1-3-7-14)23-21-24(15)10-11-28-21/h1-9,18H,10-13H2,(H,22,25)/t18-/m0/s1. The molecule has 1 N–H and O–H groups in total. The van der Waals surface area contributed by atoms with Crippen LogP contribution >= 0.6 is 11.8 Å². The van der Waals surface area contributed by atoms with E-state index in [0.717, 1.165) is 34.4 Å². The van der Waals surface area contributed by atoms with E-state index in [1.807, 2.05) is 54.6 Å². The highest BCUT2D eigenvalue weighted by molar-refractivity contribution is 7.99. The maximum Gasteiger partial charge on any atom is 0.265 e. The number of hydrogen-bond donors (Lipinski definition) is 1. The summed E-state index contributed by atoms with van der Waals surface area (Å²) < 4.78 is 13.7. The Kier molecular flexibility index (Phi) is 4.44. The predicted octanol–water partition coefficient (Wildman–Crippen LogP) is 3.11. The van der Waals surface area contributed by atoms with Gasteiger partial charge in [0.25, 0.3) is 5.91 Å². The zero-order valence-corrected chi connectivity index (χ0v) is 15.9. The molecule has 6 nitrogen and oxygen atoms in total. The van der Waals surface area contributed by atoms with Crippen LogP contribution in [0.1, 0.15) is 5.69 Å². The van der Waals surface area contributed by atoms with E-state index in [9.17, 15) is 4.79 Å². The first kappa shape index (κ1) is 17.2. The Bertz CT molecular complexity index is 1020. The average Bonchev–Trinajstić information content (AvgIpc) is 3.34. The van der Waals surface area contributed by atoms with E-state index in [-0.39, 0.29) is 12.5 Å². The molecule has 3 aromatic rings. The van der Waals surface area contributed by atoms with Crippen LogP contribution in [0.4, 0.5) is 0 Å². The number of fused-ring (bicyclic) bond motifs is 2. The number of para-hydroxylation sites is 2. The summed E-state index contributed by atoms with van der Waals surface area (Å²) in [6, 6.07) is 17.5. The Morgan fingerprint density at radius 1 is 1.14 bits per heavy atom. The molecular weight excluding hydrogens is 374 g/mol. The second kappa shape index (κ2) is 7.24. The molecule has 7 heteroatoms. The van der Waals surface area contributed by atoms with Crippen molar-refractivity contribution in [1.82, 2.24) is 14.9 Å². The van der Waals surface area contributed by atoms with Crippen LogP contribution in [0.3, 0.4) is 0 Å². The van der Waals surface area contributed by atoms with Gasteiger partial charge in [-0.25, -0.2) is 4.98 Å². The van der Waals surface area contributed by atoms with E-state index in [4.69, 9.17) is 14.5 Å². The third-order valence-electron chi connectivity index (χ3n) is 4.86. The van der Waals surface area contributed by atoms with Crippen LogP contribution in [-0.2, 0) is 17.9 Å². The lowest BCUT2D eigenvalue weighted by Gasteiger charge is -2.25. The Balaban J connectivity index is 1.34. The molecule has 142 valence electrons. The number of nitrogens with one attached hydrogen (secondary N) is 1. The first-order valence-electron chi connectivity index (χ1n) is 9.23. The van der Waals surface area contributed by atoms with Crippen LogP contribution in [-0.4, -0.2) is 33.9 Å².